The van der Waals surface area contributed by atoms with E-state index in [2.05, 4.69) is 21.2 Å². The highest BCUT2D eigenvalue weighted by atomic mass is 79.9. The first kappa shape index (κ1) is 14.8. The lowest BCUT2D eigenvalue weighted by atomic mass is 9.86. The van der Waals surface area contributed by atoms with Crippen LogP contribution in [0.15, 0.2) is 22.7 Å². The third kappa shape index (κ3) is 4.20. The Morgan fingerprint density at radius 2 is 2.16 bits per heavy atom. The maximum atomic E-state index is 9.93. The lowest BCUT2D eigenvalue weighted by Gasteiger charge is -2.27. The first-order valence-corrected chi connectivity index (χ1v) is 7.71. The molecule has 0 bridgehead atoms. The van der Waals surface area contributed by atoms with Gasteiger partial charge in [-0.2, -0.15) is 0 Å². The van der Waals surface area contributed by atoms with Crippen LogP contribution in [-0.2, 0) is 6.54 Å². The number of rotatable bonds is 5. The van der Waals surface area contributed by atoms with Crippen LogP contribution in [0.5, 0.6) is 5.75 Å². The molecule has 3 nitrogen and oxygen atoms in total. The van der Waals surface area contributed by atoms with Crippen molar-refractivity contribution in [2.45, 2.75) is 38.3 Å². The standard InChI is InChI=1S/C15H22BrNO2/c1-19-13-6-7-14(16)12(8-13)10-17-9-11-4-2-3-5-15(11)18/h6-8,11,15,17-18H,2-5,9-10H2,1H3. The minimum absolute atomic E-state index is 0.130. The van der Waals surface area contributed by atoms with E-state index >= 15 is 0 Å². The van der Waals surface area contributed by atoms with Crippen LogP contribution in [0.4, 0.5) is 0 Å². The average molecular weight is 328 g/mol. The molecule has 2 N–H and O–H groups in total. The van der Waals surface area contributed by atoms with Crippen molar-refractivity contribution in [1.82, 2.24) is 5.32 Å². The van der Waals surface area contributed by atoms with Crippen LogP contribution in [0.1, 0.15) is 31.2 Å². The fourth-order valence-corrected chi connectivity index (χ4v) is 3.02. The Morgan fingerprint density at radius 1 is 1.37 bits per heavy atom. The number of hydrogen-bond donors (Lipinski definition) is 2. The Bertz CT molecular complexity index is 411. The van der Waals surface area contributed by atoms with Gasteiger partial charge in [-0.25, -0.2) is 0 Å². The van der Waals surface area contributed by atoms with E-state index in [1.165, 1.54) is 18.4 Å². The fourth-order valence-electron chi connectivity index (χ4n) is 2.63. The molecule has 2 unspecified atom stereocenters. The molecule has 2 rings (SSSR count). The molecule has 1 aromatic rings. The van der Waals surface area contributed by atoms with Gasteiger partial charge in [0.1, 0.15) is 5.75 Å². The van der Waals surface area contributed by atoms with E-state index in [0.29, 0.717) is 5.92 Å². The first-order chi connectivity index (χ1) is 9.20. The summed E-state index contributed by atoms with van der Waals surface area (Å²) >= 11 is 3.55. The second kappa shape index (κ2) is 7.27. The molecule has 0 aromatic heterocycles. The zero-order valence-corrected chi connectivity index (χ0v) is 12.9. The highest BCUT2D eigenvalue weighted by Gasteiger charge is 2.22. The topological polar surface area (TPSA) is 41.5 Å². The number of hydrogen-bond acceptors (Lipinski definition) is 3. The van der Waals surface area contributed by atoms with Crippen molar-refractivity contribution in [2.75, 3.05) is 13.7 Å². The third-order valence-corrected chi connectivity index (χ3v) is 4.62. The lowest BCUT2D eigenvalue weighted by Crippen LogP contribution is -2.33. The Balaban J connectivity index is 1.84. The number of aliphatic hydroxyl groups is 1. The van der Waals surface area contributed by atoms with Crippen LogP contribution in [0.3, 0.4) is 0 Å². The highest BCUT2D eigenvalue weighted by molar-refractivity contribution is 9.10. The minimum atomic E-state index is -0.130. The first-order valence-electron chi connectivity index (χ1n) is 6.92. The molecule has 19 heavy (non-hydrogen) atoms. The van der Waals surface area contributed by atoms with Gasteiger partial charge in [-0.1, -0.05) is 28.8 Å². The molecule has 0 aliphatic heterocycles. The minimum Gasteiger partial charge on any atom is -0.497 e. The summed E-state index contributed by atoms with van der Waals surface area (Å²) in [6.07, 6.45) is 4.36. The maximum Gasteiger partial charge on any atom is 0.119 e. The van der Waals surface area contributed by atoms with Gasteiger partial charge in [-0.3, -0.25) is 0 Å². The third-order valence-electron chi connectivity index (χ3n) is 3.84. The van der Waals surface area contributed by atoms with E-state index in [1.807, 2.05) is 18.2 Å². The maximum absolute atomic E-state index is 9.93. The Morgan fingerprint density at radius 3 is 2.89 bits per heavy atom. The molecule has 1 saturated carbocycles. The van der Waals surface area contributed by atoms with Crippen molar-refractivity contribution in [3.05, 3.63) is 28.2 Å². The quantitative estimate of drug-likeness (QED) is 0.873. The number of nitrogens with one attached hydrogen (secondary N) is 1. The van der Waals surface area contributed by atoms with Crippen molar-refractivity contribution < 1.29 is 9.84 Å². The van der Waals surface area contributed by atoms with Crippen LogP contribution in [0.25, 0.3) is 0 Å². The summed E-state index contributed by atoms with van der Waals surface area (Å²) in [5, 5.41) is 13.4. The highest BCUT2D eigenvalue weighted by Crippen LogP contribution is 2.25. The summed E-state index contributed by atoms with van der Waals surface area (Å²) in [5.41, 5.74) is 1.18. The number of methoxy groups -OCH3 is 1. The molecule has 2 atom stereocenters. The van der Waals surface area contributed by atoms with Gasteiger partial charge in [0.25, 0.3) is 0 Å². The predicted octanol–water partition coefficient (Wildman–Crippen LogP) is 3.10. The van der Waals surface area contributed by atoms with Crippen LogP contribution in [0, 0.1) is 5.92 Å². The SMILES string of the molecule is COc1ccc(Br)c(CNCC2CCCCC2O)c1. The fraction of sp³-hybridized carbons (Fsp3) is 0.600. The molecule has 1 aliphatic rings. The van der Waals surface area contributed by atoms with Crippen molar-refractivity contribution >= 4 is 15.9 Å². The smallest absolute Gasteiger partial charge is 0.119 e. The Labute approximate surface area is 123 Å². The van der Waals surface area contributed by atoms with E-state index in [0.717, 1.165) is 36.2 Å². The molecule has 1 aromatic carbocycles. The van der Waals surface area contributed by atoms with Crippen LogP contribution >= 0.6 is 15.9 Å². The molecule has 106 valence electrons. The largest absolute Gasteiger partial charge is 0.497 e. The van der Waals surface area contributed by atoms with E-state index < -0.39 is 0 Å². The Kier molecular flexibility index (Phi) is 5.67. The average Bonchev–Trinajstić information content (AvgIpc) is 2.43. The summed E-state index contributed by atoms with van der Waals surface area (Å²) in [6, 6.07) is 5.98. The molecule has 1 aliphatic carbocycles. The molecule has 4 heteroatoms. The molecule has 1 fully saturated rings. The van der Waals surface area contributed by atoms with Crippen molar-refractivity contribution in [1.29, 1.82) is 0 Å². The van der Waals surface area contributed by atoms with Gasteiger partial charge in [0.05, 0.1) is 13.2 Å². The number of benzene rings is 1. The number of halogens is 1. The number of aliphatic hydroxyl groups excluding tert-OH is 1. The lowest BCUT2D eigenvalue weighted by molar-refractivity contribution is 0.0695. The van der Waals surface area contributed by atoms with Crippen molar-refractivity contribution in [2.24, 2.45) is 5.92 Å². The zero-order valence-electron chi connectivity index (χ0n) is 11.4. The van der Waals surface area contributed by atoms with E-state index in [4.69, 9.17) is 4.74 Å². The van der Waals surface area contributed by atoms with Crippen LogP contribution < -0.4 is 10.1 Å². The van der Waals surface area contributed by atoms with E-state index in [1.54, 1.807) is 7.11 Å². The molecule has 0 radical (unpaired) electrons. The van der Waals surface area contributed by atoms with Gasteiger partial charge in [0.15, 0.2) is 0 Å². The van der Waals surface area contributed by atoms with Crippen LogP contribution in [0.2, 0.25) is 0 Å². The van der Waals surface area contributed by atoms with E-state index in [-0.39, 0.29) is 6.10 Å². The summed E-state index contributed by atoms with van der Waals surface area (Å²) in [6.45, 7) is 1.67. The van der Waals surface area contributed by atoms with Gasteiger partial charge < -0.3 is 15.2 Å². The van der Waals surface area contributed by atoms with Gasteiger partial charge in [-0.05, 0) is 42.5 Å². The normalized spacial score (nSPS) is 23.3. The van der Waals surface area contributed by atoms with Gasteiger partial charge >= 0.3 is 0 Å². The molecule has 0 amide bonds. The molecule has 0 saturated heterocycles. The summed E-state index contributed by atoms with van der Waals surface area (Å²) < 4.78 is 6.32. The predicted molar refractivity (Wildman–Crippen MR) is 80.4 cm³/mol. The van der Waals surface area contributed by atoms with Crippen molar-refractivity contribution in [3.63, 3.8) is 0 Å². The zero-order chi connectivity index (χ0) is 13.7. The summed E-state index contributed by atoms with van der Waals surface area (Å²) in [4.78, 5) is 0. The van der Waals surface area contributed by atoms with Gasteiger partial charge in [0, 0.05) is 17.6 Å². The Hall–Kier alpha value is -0.580. The van der Waals surface area contributed by atoms with Gasteiger partial charge in [-0.15, -0.1) is 0 Å². The molecular weight excluding hydrogens is 306 g/mol. The van der Waals surface area contributed by atoms with Gasteiger partial charge in [0.2, 0.25) is 0 Å². The second-order valence-corrected chi connectivity index (χ2v) is 6.05. The monoisotopic (exact) mass is 327 g/mol. The van der Waals surface area contributed by atoms with Crippen molar-refractivity contribution in [3.8, 4) is 5.75 Å². The summed E-state index contributed by atoms with van der Waals surface area (Å²) in [7, 11) is 1.68. The van der Waals surface area contributed by atoms with E-state index in [9.17, 15) is 5.11 Å². The van der Waals surface area contributed by atoms with Crippen LogP contribution in [-0.4, -0.2) is 24.9 Å². The second-order valence-electron chi connectivity index (χ2n) is 5.20. The number of ether oxygens (including phenoxy) is 1. The molecule has 0 spiro atoms. The summed E-state index contributed by atoms with van der Waals surface area (Å²) in [5.74, 6) is 1.27. The molecular formula is C15H22BrNO2. The molecule has 0 heterocycles.